The quantitative estimate of drug-likeness (QED) is 0.456. The van der Waals surface area contributed by atoms with Gasteiger partial charge < -0.3 is 15.8 Å². The molecule has 3 aromatic rings. The predicted octanol–water partition coefficient (Wildman–Crippen LogP) is 5.29. The van der Waals surface area contributed by atoms with Crippen LogP contribution in [0.25, 0.3) is 11.1 Å². The number of nitrogens with one attached hydrogen (secondary N) is 1. The predicted molar refractivity (Wildman–Crippen MR) is 134 cm³/mol. The van der Waals surface area contributed by atoms with E-state index in [0.29, 0.717) is 24.4 Å². The molecule has 6 heteroatoms. The van der Waals surface area contributed by atoms with Crippen molar-refractivity contribution in [3.8, 4) is 11.1 Å². The van der Waals surface area contributed by atoms with Gasteiger partial charge in [0.05, 0.1) is 11.5 Å². The van der Waals surface area contributed by atoms with E-state index < -0.39 is 23.9 Å². The molecule has 0 saturated carbocycles. The third kappa shape index (κ3) is 5.60. The zero-order valence-corrected chi connectivity index (χ0v) is 20.3. The van der Waals surface area contributed by atoms with Crippen molar-refractivity contribution in [3.05, 3.63) is 94.8 Å². The Labute approximate surface area is 205 Å². The Morgan fingerprint density at radius 3 is 2.20 bits per heavy atom. The van der Waals surface area contributed by atoms with Gasteiger partial charge in [-0.05, 0) is 71.8 Å². The number of amides is 1. The van der Waals surface area contributed by atoms with E-state index in [0.717, 1.165) is 27.8 Å². The zero-order valence-electron chi connectivity index (χ0n) is 20.3. The normalized spacial score (nSPS) is 18.1. The number of aryl methyl sites for hydroxylation is 1. The number of esters is 1. The van der Waals surface area contributed by atoms with Gasteiger partial charge in [-0.2, -0.15) is 0 Å². The summed E-state index contributed by atoms with van der Waals surface area (Å²) in [6, 6.07) is 19.7. The molecule has 4 rings (SSSR count). The maximum atomic E-state index is 13.2. The molecule has 0 spiro atoms. The molecule has 5 nitrogen and oxygen atoms in total. The maximum Gasteiger partial charge on any atom is 0.338 e. The Kier molecular flexibility index (Phi) is 7.31. The minimum atomic E-state index is -0.691. The molecule has 0 fully saturated rings. The molecule has 0 radical (unpaired) electrons. The first-order valence-corrected chi connectivity index (χ1v) is 12.0. The molecule has 3 atom stereocenters. The summed E-state index contributed by atoms with van der Waals surface area (Å²) >= 11 is 0. The van der Waals surface area contributed by atoms with Crippen LogP contribution in [0.4, 0.5) is 4.39 Å². The third-order valence-corrected chi connectivity index (χ3v) is 6.52. The Morgan fingerprint density at radius 1 is 0.971 bits per heavy atom. The highest BCUT2D eigenvalue weighted by Crippen LogP contribution is 2.35. The minimum Gasteiger partial charge on any atom is -0.458 e. The number of halogens is 1. The van der Waals surface area contributed by atoms with Crippen LogP contribution in [0.5, 0.6) is 0 Å². The molecular weight excluding hydrogens is 443 g/mol. The fraction of sp³-hybridized carbons (Fsp3) is 0.310. The first kappa shape index (κ1) is 24.6. The second-order valence-electron chi connectivity index (χ2n) is 9.45. The molecule has 3 unspecified atom stereocenters. The van der Waals surface area contributed by atoms with E-state index in [9.17, 15) is 14.0 Å². The first-order chi connectivity index (χ1) is 16.7. The van der Waals surface area contributed by atoms with Crippen molar-refractivity contribution in [3.63, 3.8) is 0 Å². The van der Waals surface area contributed by atoms with Gasteiger partial charge in [0.15, 0.2) is 0 Å². The Morgan fingerprint density at radius 2 is 1.60 bits per heavy atom. The number of carbonyl (C=O) groups excluding carboxylic acids is 2. The number of hydrogen-bond acceptors (Lipinski definition) is 4. The molecule has 0 saturated heterocycles. The second kappa shape index (κ2) is 10.4. The maximum absolute atomic E-state index is 13.2. The van der Waals surface area contributed by atoms with E-state index in [1.807, 2.05) is 12.1 Å². The summed E-state index contributed by atoms with van der Waals surface area (Å²) in [5, 5.41) is 3.49. The van der Waals surface area contributed by atoms with Crippen molar-refractivity contribution in [1.29, 1.82) is 0 Å². The molecule has 1 amide bonds. The molecular formula is C29H31FN2O3. The summed E-state index contributed by atoms with van der Waals surface area (Å²) in [4.78, 5) is 25.3. The van der Waals surface area contributed by atoms with Gasteiger partial charge in [0.25, 0.3) is 0 Å². The molecule has 3 N–H and O–H groups in total. The van der Waals surface area contributed by atoms with Gasteiger partial charge >= 0.3 is 5.97 Å². The first-order valence-electron chi connectivity index (χ1n) is 12.0. The molecule has 1 aliphatic carbocycles. The Balaban J connectivity index is 1.50. The lowest BCUT2D eigenvalue weighted by atomic mass is 9.79. The molecule has 0 heterocycles. The van der Waals surface area contributed by atoms with E-state index in [1.165, 1.54) is 12.1 Å². The summed E-state index contributed by atoms with van der Waals surface area (Å²) in [6.45, 7) is 6.32. The molecule has 0 aromatic heterocycles. The van der Waals surface area contributed by atoms with Gasteiger partial charge in [0, 0.05) is 12.1 Å². The van der Waals surface area contributed by atoms with Gasteiger partial charge in [-0.3, -0.25) is 4.79 Å². The lowest BCUT2D eigenvalue weighted by Gasteiger charge is -2.32. The summed E-state index contributed by atoms with van der Waals surface area (Å²) < 4.78 is 19.0. The van der Waals surface area contributed by atoms with Crippen LogP contribution in [0.2, 0.25) is 0 Å². The van der Waals surface area contributed by atoms with E-state index in [1.54, 1.807) is 36.4 Å². The van der Waals surface area contributed by atoms with Crippen LogP contribution < -0.4 is 11.1 Å². The van der Waals surface area contributed by atoms with Gasteiger partial charge in [0.2, 0.25) is 5.91 Å². The van der Waals surface area contributed by atoms with E-state index in [-0.39, 0.29) is 11.9 Å². The standard InChI is InChI=1S/C29H31FN2O3/c1-17(2)32-18(3)22-10-14-25-23(16-22)11-15-26(27(25)28(31)33)35-29(34)21-6-4-19(5-7-21)20-8-12-24(30)13-9-20/h4-10,12-14,16-18,26-27,32H,11,15H2,1-3H3,(H2,31,33). The highest BCUT2D eigenvalue weighted by molar-refractivity contribution is 5.91. The lowest BCUT2D eigenvalue weighted by molar-refractivity contribution is -0.122. The minimum absolute atomic E-state index is 0.181. The van der Waals surface area contributed by atoms with Crippen molar-refractivity contribution < 1.29 is 18.7 Å². The largest absolute Gasteiger partial charge is 0.458 e. The van der Waals surface area contributed by atoms with Crippen LogP contribution in [0.15, 0.2) is 66.7 Å². The zero-order chi connectivity index (χ0) is 25.1. The van der Waals surface area contributed by atoms with Crippen molar-refractivity contribution in [2.45, 2.75) is 57.7 Å². The van der Waals surface area contributed by atoms with Crippen LogP contribution in [-0.4, -0.2) is 24.0 Å². The van der Waals surface area contributed by atoms with Crippen LogP contribution in [0.1, 0.15) is 66.2 Å². The van der Waals surface area contributed by atoms with Crippen molar-refractivity contribution in [2.24, 2.45) is 5.73 Å². The molecule has 35 heavy (non-hydrogen) atoms. The number of fused-ring (bicyclic) bond motifs is 1. The van der Waals surface area contributed by atoms with Crippen LogP contribution in [0, 0.1) is 5.82 Å². The van der Waals surface area contributed by atoms with Gasteiger partial charge in [-0.25, -0.2) is 9.18 Å². The average Bonchev–Trinajstić information content (AvgIpc) is 2.83. The van der Waals surface area contributed by atoms with E-state index in [2.05, 4.69) is 32.2 Å². The highest BCUT2D eigenvalue weighted by atomic mass is 19.1. The number of nitrogens with two attached hydrogens (primary N) is 1. The Hall–Kier alpha value is -3.51. The Bertz CT molecular complexity index is 1210. The molecule has 3 aromatic carbocycles. The van der Waals surface area contributed by atoms with Gasteiger partial charge in [-0.1, -0.05) is 56.3 Å². The van der Waals surface area contributed by atoms with Gasteiger partial charge in [-0.15, -0.1) is 0 Å². The number of rotatable bonds is 7. The lowest BCUT2D eigenvalue weighted by Crippen LogP contribution is -2.38. The fourth-order valence-electron chi connectivity index (χ4n) is 4.79. The number of carbonyl (C=O) groups is 2. The highest BCUT2D eigenvalue weighted by Gasteiger charge is 2.36. The summed E-state index contributed by atoms with van der Waals surface area (Å²) in [5.74, 6) is -1.99. The van der Waals surface area contributed by atoms with E-state index >= 15 is 0 Å². The number of ether oxygens (including phenoxy) is 1. The van der Waals surface area contributed by atoms with Crippen LogP contribution in [0.3, 0.4) is 0 Å². The molecule has 1 aliphatic rings. The third-order valence-electron chi connectivity index (χ3n) is 6.52. The van der Waals surface area contributed by atoms with Gasteiger partial charge in [0.1, 0.15) is 11.9 Å². The van der Waals surface area contributed by atoms with E-state index in [4.69, 9.17) is 10.5 Å². The monoisotopic (exact) mass is 474 g/mol. The van der Waals surface area contributed by atoms with Crippen molar-refractivity contribution >= 4 is 11.9 Å². The SMILES string of the molecule is CC(C)NC(C)c1ccc2c(c1)CCC(OC(=O)c1ccc(-c3ccc(F)cc3)cc1)C2C(N)=O. The van der Waals surface area contributed by atoms with Crippen molar-refractivity contribution in [2.75, 3.05) is 0 Å². The number of benzene rings is 3. The molecule has 0 aliphatic heterocycles. The summed E-state index contributed by atoms with van der Waals surface area (Å²) in [5.41, 5.74) is 10.9. The average molecular weight is 475 g/mol. The second-order valence-corrected chi connectivity index (χ2v) is 9.45. The smallest absolute Gasteiger partial charge is 0.338 e. The molecule has 182 valence electrons. The number of primary amides is 1. The molecule has 0 bridgehead atoms. The topological polar surface area (TPSA) is 81.4 Å². The fourth-order valence-corrected chi connectivity index (χ4v) is 4.79. The number of hydrogen-bond donors (Lipinski definition) is 2. The summed E-state index contributed by atoms with van der Waals surface area (Å²) in [7, 11) is 0. The van der Waals surface area contributed by atoms with Crippen LogP contribution >= 0.6 is 0 Å². The van der Waals surface area contributed by atoms with Crippen molar-refractivity contribution in [1.82, 2.24) is 5.32 Å². The van der Waals surface area contributed by atoms with Crippen LogP contribution in [-0.2, 0) is 16.0 Å². The summed E-state index contributed by atoms with van der Waals surface area (Å²) in [6.07, 6.45) is 0.597.